The van der Waals surface area contributed by atoms with E-state index in [0.717, 1.165) is 44.1 Å². The van der Waals surface area contributed by atoms with Crippen molar-refractivity contribution in [3.8, 4) is 0 Å². The number of rotatable bonds is 17. The van der Waals surface area contributed by atoms with Crippen LogP contribution >= 0.6 is 0 Å². The summed E-state index contributed by atoms with van der Waals surface area (Å²) in [5, 5.41) is 13.7. The van der Waals surface area contributed by atoms with Crippen LogP contribution in [0.2, 0.25) is 0 Å². The van der Waals surface area contributed by atoms with Crippen LogP contribution in [0.15, 0.2) is 30.3 Å². The van der Waals surface area contributed by atoms with E-state index in [2.05, 4.69) is 19.2 Å². The van der Waals surface area contributed by atoms with Gasteiger partial charge in [0.05, 0.1) is 13.2 Å². The summed E-state index contributed by atoms with van der Waals surface area (Å²) in [5.41, 5.74) is -0.585. The maximum Gasteiger partial charge on any atom is 0.348 e. The summed E-state index contributed by atoms with van der Waals surface area (Å²) in [6, 6.07) is 5.41. The molecule has 5 heterocycles. The quantitative estimate of drug-likeness (QED) is 0.101. The lowest BCUT2D eigenvalue weighted by Gasteiger charge is -2.50. The molecular weight excluding hydrogens is 750 g/mol. The molecule has 1 aromatic rings. The maximum atomic E-state index is 15.2. The number of likely N-dealkylation sites (tertiary alicyclic amines) is 1. The summed E-state index contributed by atoms with van der Waals surface area (Å²) in [6.07, 6.45) is 7.32. The largest absolute Gasteiger partial charge is 0.462 e. The van der Waals surface area contributed by atoms with Gasteiger partial charge in [0.15, 0.2) is 11.8 Å². The number of benzene rings is 1. The first-order valence-corrected chi connectivity index (χ1v) is 21.2. The fourth-order valence-electron chi connectivity index (χ4n) is 9.69. The van der Waals surface area contributed by atoms with Gasteiger partial charge in [-0.25, -0.2) is 9.59 Å². The normalized spacial score (nSPS) is 31.9. The number of hydrogen-bond acceptors (Lipinski definition) is 13. The van der Waals surface area contributed by atoms with E-state index in [1.807, 2.05) is 12.1 Å². The van der Waals surface area contributed by atoms with Gasteiger partial charge in [0.2, 0.25) is 17.9 Å². The monoisotopic (exact) mass is 809 g/mol. The summed E-state index contributed by atoms with van der Waals surface area (Å²) in [4.78, 5) is 76.0. The third-order valence-electron chi connectivity index (χ3n) is 12.7. The van der Waals surface area contributed by atoms with Gasteiger partial charge >= 0.3 is 17.9 Å². The van der Waals surface area contributed by atoms with Gasteiger partial charge in [-0.1, -0.05) is 77.6 Å². The minimum atomic E-state index is -1.42. The molecule has 8 atom stereocenters. The van der Waals surface area contributed by atoms with Crippen LogP contribution in [0.1, 0.15) is 109 Å². The van der Waals surface area contributed by atoms with Crippen LogP contribution in [0.25, 0.3) is 6.08 Å². The summed E-state index contributed by atoms with van der Waals surface area (Å²) in [6.45, 7) is 8.37. The molecular formula is C43H59N3O12. The van der Waals surface area contributed by atoms with Crippen molar-refractivity contribution >= 4 is 35.8 Å². The Morgan fingerprint density at radius 1 is 0.983 bits per heavy atom. The van der Waals surface area contributed by atoms with Crippen LogP contribution < -0.4 is 5.32 Å². The average molecular weight is 810 g/mol. The van der Waals surface area contributed by atoms with Crippen molar-refractivity contribution in [2.75, 3.05) is 26.3 Å². The van der Waals surface area contributed by atoms with Crippen molar-refractivity contribution in [2.45, 2.75) is 153 Å². The molecule has 5 aliphatic heterocycles. The van der Waals surface area contributed by atoms with Gasteiger partial charge in [0.1, 0.15) is 42.5 Å². The van der Waals surface area contributed by atoms with E-state index in [0.29, 0.717) is 37.8 Å². The number of carbonyl (C=O) groups excluding carboxylic acids is 5. The zero-order valence-electron chi connectivity index (χ0n) is 34.2. The molecule has 0 radical (unpaired) electrons. The number of aliphatic hydroxyl groups is 1. The first-order chi connectivity index (χ1) is 27.9. The number of hydrogen-bond donors (Lipinski definition) is 2. The van der Waals surface area contributed by atoms with Crippen molar-refractivity contribution < 1.29 is 57.6 Å². The minimum Gasteiger partial charge on any atom is -0.462 e. The Morgan fingerprint density at radius 2 is 1.69 bits per heavy atom. The fraction of sp³-hybridized carbons (Fsp3) is 0.698. The van der Waals surface area contributed by atoms with E-state index in [1.165, 1.54) is 6.08 Å². The molecule has 7 rings (SSSR count). The van der Waals surface area contributed by atoms with Crippen molar-refractivity contribution in [3.63, 3.8) is 0 Å². The van der Waals surface area contributed by atoms with Crippen molar-refractivity contribution in [1.29, 1.82) is 0 Å². The number of ether oxygens (including phenoxy) is 5. The number of unbranched alkanes of at least 4 members (excludes halogenated alkanes) is 4. The Bertz CT molecular complexity index is 1720. The zero-order valence-corrected chi connectivity index (χ0v) is 34.2. The summed E-state index contributed by atoms with van der Waals surface area (Å²) >= 11 is 0. The van der Waals surface area contributed by atoms with E-state index >= 15 is 4.79 Å². The predicted octanol–water partition coefficient (Wildman–Crippen LogP) is 3.73. The number of nitrogens with one attached hydrogen (secondary N) is 1. The third-order valence-corrected chi connectivity index (χ3v) is 12.7. The Kier molecular flexibility index (Phi) is 12.7. The molecule has 2 bridgehead atoms. The van der Waals surface area contributed by atoms with Gasteiger partial charge in [-0.15, -0.1) is 0 Å². The number of hydroxylamine groups is 2. The molecule has 0 aromatic heterocycles. The number of aliphatic hydroxyl groups excluding tert-OH is 1. The highest BCUT2D eigenvalue weighted by atomic mass is 16.8. The lowest BCUT2D eigenvalue weighted by Crippen LogP contribution is -2.70. The maximum absolute atomic E-state index is 15.2. The Labute approximate surface area is 340 Å². The number of nitrogens with zero attached hydrogens (tertiary/aromatic N) is 2. The number of amides is 2. The molecule has 2 N–H and O–H groups in total. The summed E-state index contributed by atoms with van der Waals surface area (Å²) < 4.78 is 30.5. The van der Waals surface area contributed by atoms with Crippen LogP contribution in [0, 0.1) is 10.8 Å². The first kappa shape index (κ1) is 42.2. The minimum absolute atomic E-state index is 0.0695. The van der Waals surface area contributed by atoms with Crippen molar-refractivity contribution in [2.24, 2.45) is 10.8 Å². The predicted molar refractivity (Wildman–Crippen MR) is 207 cm³/mol. The molecule has 2 amide bonds. The molecule has 6 aliphatic rings. The Hall–Kier alpha value is -3.89. The highest BCUT2D eigenvalue weighted by Gasteiger charge is 2.77. The van der Waals surface area contributed by atoms with Crippen LogP contribution in [-0.4, -0.2) is 119 Å². The molecule has 318 valence electrons. The molecule has 15 nitrogen and oxygen atoms in total. The Balaban J connectivity index is 1.16. The van der Waals surface area contributed by atoms with E-state index in [1.54, 1.807) is 42.0 Å². The summed E-state index contributed by atoms with van der Waals surface area (Å²) in [7, 11) is 0. The highest BCUT2D eigenvalue weighted by molar-refractivity contribution is 5.96. The van der Waals surface area contributed by atoms with Crippen molar-refractivity contribution in [1.82, 2.24) is 15.3 Å². The van der Waals surface area contributed by atoms with Crippen LogP contribution in [0.4, 0.5) is 0 Å². The van der Waals surface area contributed by atoms with Crippen LogP contribution in [0.3, 0.4) is 0 Å². The second-order valence-corrected chi connectivity index (χ2v) is 17.4. The molecule has 58 heavy (non-hydrogen) atoms. The number of carbonyl (C=O) groups is 5. The van der Waals surface area contributed by atoms with Crippen LogP contribution in [0.5, 0.6) is 0 Å². The third kappa shape index (κ3) is 8.04. The topological polar surface area (TPSA) is 179 Å². The Morgan fingerprint density at radius 3 is 2.34 bits per heavy atom. The molecule has 1 saturated carbocycles. The van der Waals surface area contributed by atoms with E-state index in [9.17, 15) is 24.3 Å². The van der Waals surface area contributed by atoms with E-state index < -0.39 is 77.1 Å². The SMILES string of the molecule is CCCCCC1(CCCCC)O[C@@H]2[C@H](O1)[C@H]1ON(Cc3ccc(C=CC(=O)O[C@H]4C(=O)OCC4(C)C)cc3)[C@H]3C(=O)O[C@@H]2C[C@@]13C(=O)N1CCC[C@@H]1C(=O)NCCO. The molecule has 0 unspecified atom stereocenters. The van der Waals surface area contributed by atoms with Gasteiger partial charge in [-0.3, -0.25) is 19.2 Å². The van der Waals surface area contributed by atoms with Gasteiger partial charge in [0.25, 0.3) is 0 Å². The molecule has 6 fully saturated rings. The zero-order chi connectivity index (χ0) is 41.2. The first-order valence-electron chi connectivity index (χ1n) is 21.2. The lowest BCUT2D eigenvalue weighted by molar-refractivity contribution is -0.225. The average Bonchev–Trinajstić information content (AvgIpc) is 3.98. The van der Waals surface area contributed by atoms with Crippen molar-refractivity contribution in [3.05, 3.63) is 41.5 Å². The second kappa shape index (κ2) is 17.4. The number of cyclic esters (lactones) is 1. The van der Waals surface area contributed by atoms with Gasteiger partial charge in [-0.05, 0) is 42.9 Å². The van der Waals surface area contributed by atoms with E-state index in [-0.39, 0.29) is 44.5 Å². The molecule has 1 aromatic carbocycles. The molecule has 5 saturated heterocycles. The number of esters is 3. The fourth-order valence-corrected chi connectivity index (χ4v) is 9.69. The molecule has 15 heteroatoms. The highest BCUT2D eigenvalue weighted by Crippen LogP contribution is 2.59. The number of fused-ring (bicyclic) bond motifs is 4. The van der Waals surface area contributed by atoms with Gasteiger partial charge in [-0.2, -0.15) is 5.06 Å². The van der Waals surface area contributed by atoms with Gasteiger partial charge < -0.3 is 39.0 Å². The standard InChI is InChI=1S/C43H59N3O12/c1-5-7-9-19-42(20-10-8-6-2)56-32-30-24-43(40(52)45-22-11-12-29(45)37(49)44-21-23-47)34(38(50)54-30)46(58-35(43)33(32)57-42)25-28-15-13-27(14-16-28)17-18-31(48)55-36-39(51)53-26-41(36,3)4/h13-18,29-30,32-36,47H,5-12,19-26H2,1-4H3,(H,44,49)/t29-,30-,32+,33+,34+,35-,36+,43+/m1/s1. The molecule has 0 spiro atoms. The van der Waals surface area contributed by atoms with Gasteiger partial charge in [0, 0.05) is 43.8 Å². The molecule has 1 aliphatic carbocycles. The summed E-state index contributed by atoms with van der Waals surface area (Å²) in [5.74, 6) is -3.41. The second-order valence-electron chi connectivity index (χ2n) is 17.4. The smallest absolute Gasteiger partial charge is 0.348 e. The lowest BCUT2D eigenvalue weighted by atomic mass is 9.62. The van der Waals surface area contributed by atoms with Crippen LogP contribution in [-0.2, 0) is 59.0 Å². The van der Waals surface area contributed by atoms with E-state index in [4.69, 9.17) is 28.5 Å².